The molecule has 4 N–H and O–H groups in total. The second-order valence-corrected chi connectivity index (χ2v) is 11.1. The van der Waals surface area contributed by atoms with Crippen molar-refractivity contribution in [3.8, 4) is 23.7 Å². The zero-order valence-corrected chi connectivity index (χ0v) is 26.4. The third-order valence-corrected chi connectivity index (χ3v) is 8.28. The Hall–Kier alpha value is -3.58. The van der Waals surface area contributed by atoms with Gasteiger partial charge in [0, 0.05) is 12.8 Å². The fourth-order valence-electron chi connectivity index (χ4n) is 5.66. The standard InChI is InChI=1S/C38H38N2O2.2ClH/c41-37(33-17-5-1-6-18-33,34-19-7-2-8-20-34)25-13-15-27-39-29-31-40(32-30-39)28-16-14-26-38(42,35-21-9-3-10-22-35)36-23-11-4-12-24-36;;/h1-12,17-24,41-42H,25-32H2;2*1H. The van der Waals surface area contributed by atoms with Crippen LogP contribution in [0.5, 0.6) is 0 Å². The molecule has 4 aromatic rings. The fourth-order valence-corrected chi connectivity index (χ4v) is 5.66. The normalized spacial score (nSPS) is 16.1. The highest BCUT2D eigenvalue weighted by Gasteiger charge is 2.31. The quantitative estimate of drug-likeness (QED) is 0.153. The molecule has 0 aromatic heterocycles. The van der Waals surface area contributed by atoms with Crippen molar-refractivity contribution in [3.05, 3.63) is 144 Å². The monoisotopic (exact) mass is 626 g/mol. The van der Waals surface area contributed by atoms with Gasteiger partial charge in [-0.05, 0) is 34.1 Å². The lowest BCUT2D eigenvalue weighted by atomic mass is 9.84. The molecule has 0 atom stereocenters. The van der Waals surface area contributed by atoms with Gasteiger partial charge in [-0.3, -0.25) is 0 Å². The first kappa shape index (κ1) is 34.9. The molecular formula is C38H40Cl2N2O2. The van der Waals surface area contributed by atoms with E-state index in [1.54, 1.807) is 0 Å². The lowest BCUT2D eigenvalue weighted by Crippen LogP contribution is -3.28. The first-order valence-corrected chi connectivity index (χ1v) is 14.8. The molecule has 4 aromatic carbocycles. The van der Waals surface area contributed by atoms with Crippen LogP contribution in [0.4, 0.5) is 0 Å². The minimum atomic E-state index is -1.13. The topological polar surface area (TPSA) is 49.3 Å². The SMILES string of the molecule is OC(CC#CC[NH+]1CC[NH+](CC#CCC(O)(c2ccccc2)c2ccccc2)CC1)(c1ccccc1)c1ccccc1.[Cl-].[Cl-]. The molecule has 0 bridgehead atoms. The summed E-state index contributed by atoms with van der Waals surface area (Å²) in [6, 6.07) is 39.3. The zero-order valence-electron chi connectivity index (χ0n) is 24.9. The van der Waals surface area contributed by atoms with Gasteiger partial charge in [0.25, 0.3) is 0 Å². The average molecular weight is 628 g/mol. The Morgan fingerprint density at radius 2 is 0.682 bits per heavy atom. The van der Waals surface area contributed by atoms with Crippen LogP contribution in [0.1, 0.15) is 35.1 Å². The molecule has 0 unspecified atom stereocenters. The lowest BCUT2D eigenvalue weighted by molar-refractivity contribution is -1.01. The zero-order chi connectivity index (χ0) is 29.1. The van der Waals surface area contributed by atoms with E-state index in [4.69, 9.17) is 0 Å². The maximum Gasteiger partial charge on any atom is 0.139 e. The van der Waals surface area contributed by atoms with E-state index in [1.807, 2.05) is 121 Å². The molecule has 228 valence electrons. The number of aliphatic hydroxyl groups is 2. The number of rotatable bonds is 8. The van der Waals surface area contributed by atoms with Gasteiger partial charge in [-0.15, -0.1) is 0 Å². The first-order chi connectivity index (χ1) is 20.6. The molecule has 0 radical (unpaired) electrons. The Labute approximate surface area is 274 Å². The van der Waals surface area contributed by atoms with Gasteiger partial charge < -0.3 is 44.8 Å². The van der Waals surface area contributed by atoms with Crippen LogP contribution in [0.25, 0.3) is 0 Å². The molecule has 1 heterocycles. The summed E-state index contributed by atoms with van der Waals surface area (Å²) in [7, 11) is 0. The molecule has 1 saturated heterocycles. The second kappa shape index (κ2) is 17.0. The largest absolute Gasteiger partial charge is 1.00 e. The van der Waals surface area contributed by atoms with Gasteiger partial charge in [0.2, 0.25) is 0 Å². The van der Waals surface area contributed by atoms with Crippen molar-refractivity contribution in [2.24, 2.45) is 0 Å². The van der Waals surface area contributed by atoms with Crippen molar-refractivity contribution in [2.75, 3.05) is 39.3 Å². The molecular weight excluding hydrogens is 587 g/mol. The van der Waals surface area contributed by atoms with E-state index in [0.717, 1.165) is 61.5 Å². The van der Waals surface area contributed by atoms with Crippen LogP contribution >= 0.6 is 0 Å². The molecule has 1 aliphatic rings. The van der Waals surface area contributed by atoms with Crippen molar-refractivity contribution < 1.29 is 44.8 Å². The van der Waals surface area contributed by atoms with Crippen molar-refractivity contribution in [1.29, 1.82) is 0 Å². The first-order valence-electron chi connectivity index (χ1n) is 14.8. The van der Waals surface area contributed by atoms with E-state index in [0.29, 0.717) is 12.8 Å². The van der Waals surface area contributed by atoms with Crippen LogP contribution in [-0.4, -0.2) is 49.5 Å². The molecule has 0 aliphatic carbocycles. The number of hydrogen-bond donors (Lipinski definition) is 4. The van der Waals surface area contributed by atoms with Gasteiger partial charge in [0.15, 0.2) is 0 Å². The predicted molar refractivity (Wildman–Crippen MR) is 168 cm³/mol. The summed E-state index contributed by atoms with van der Waals surface area (Å²) in [4.78, 5) is 2.95. The Kier molecular flexibility index (Phi) is 13.5. The number of halogens is 2. The molecule has 0 spiro atoms. The Bertz CT molecular complexity index is 1320. The van der Waals surface area contributed by atoms with Crippen LogP contribution in [-0.2, 0) is 11.2 Å². The van der Waals surface area contributed by atoms with Crippen LogP contribution in [0, 0.1) is 23.7 Å². The highest BCUT2D eigenvalue weighted by molar-refractivity contribution is 5.38. The summed E-state index contributed by atoms with van der Waals surface area (Å²) in [5.41, 5.74) is 1.20. The smallest absolute Gasteiger partial charge is 0.139 e. The molecule has 0 saturated carbocycles. The third-order valence-electron chi connectivity index (χ3n) is 8.28. The summed E-state index contributed by atoms with van der Waals surface area (Å²) >= 11 is 0. The van der Waals surface area contributed by atoms with Gasteiger partial charge in [-0.1, -0.05) is 133 Å². The van der Waals surface area contributed by atoms with E-state index < -0.39 is 11.2 Å². The average Bonchev–Trinajstić information content (AvgIpc) is 3.07. The summed E-state index contributed by atoms with van der Waals surface area (Å²) < 4.78 is 0. The number of nitrogens with one attached hydrogen (secondary N) is 2. The minimum absolute atomic E-state index is 0. The van der Waals surface area contributed by atoms with E-state index in [-0.39, 0.29) is 24.8 Å². The van der Waals surface area contributed by atoms with E-state index in [9.17, 15) is 10.2 Å². The third kappa shape index (κ3) is 8.75. The van der Waals surface area contributed by atoms with Crippen LogP contribution < -0.4 is 34.6 Å². The second-order valence-electron chi connectivity index (χ2n) is 11.1. The molecule has 44 heavy (non-hydrogen) atoms. The van der Waals surface area contributed by atoms with E-state index in [2.05, 4.69) is 23.7 Å². The van der Waals surface area contributed by atoms with Gasteiger partial charge in [0.1, 0.15) is 50.5 Å². The van der Waals surface area contributed by atoms with Crippen molar-refractivity contribution in [2.45, 2.75) is 24.0 Å². The number of quaternary nitrogens is 2. The van der Waals surface area contributed by atoms with Crippen molar-refractivity contribution >= 4 is 0 Å². The number of piperazine rings is 1. The summed E-state index contributed by atoms with van der Waals surface area (Å²) in [6.45, 7) is 5.74. The summed E-state index contributed by atoms with van der Waals surface area (Å²) in [5, 5.41) is 23.3. The molecule has 4 nitrogen and oxygen atoms in total. The lowest BCUT2D eigenvalue weighted by Gasteiger charge is -2.28. The van der Waals surface area contributed by atoms with E-state index >= 15 is 0 Å². The maximum atomic E-state index is 11.7. The molecule has 1 aliphatic heterocycles. The van der Waals surface area contributed by atoms with Gasteiger partial charge >= 0.3 is 0 Å². The maximum absolute atomic E-state index is 11.7. The van der Waals surface area contributed by atoms with Crippen LogP contribution in [0.3, 0.4) is 0 Å². The fraction of sp³-hybridized carbons (Fsp3) is 0.263. The molecule has 5 rings (SSSR count). The molecule has 1 fully saturated rings. The summed E-state index contributed by atoms with van der Waals surface area (Å²) in [5.74, 6) is 13.3. The Morgan fingerprint density at radius 1 is 0.432 bits per heavy atom. The van der Waals surface area contributed by atoms with Crippen LogP contribution in [0.2, 0.25) is 0 Å². The van der Waals surface area contributed by atoms with Gasteiger partial charge in [-0.25, -0.2) is 0 Å². The minimum Gasteiger partial charge on any atom is -1.00 e. The Morgan fingerprint density at radius 3 is 0.932 bits per heavy atom. The van der Waals surface area contributed by atoms with Gasteiger partial charge in [-0.2, -0.15) is 0 Å². The molecule has 6 heteroatoms. The molecule has 0 amide bonds. The van der Waals surface area contributed by atoms with Gasteiger partial charge in [0.05, 0.1) is 0 Å². The summed E-state index contributed by atoms with van der Waals surface area (Å²) in [6.07, 6.45) is 0.721. The predicted octanol–water partition coefficient (Wildman–Crippen LogP) is -3.56. The number of benzene rings is 4. The Balaban J connectivity index is 0.00000264. The number of hydrogen-bond acceptors (Lipinski definition) is 2. The van der Waals surface area contributed by atoms with Crippen molar-refractivity contribution in [3.63, 3.8) is 0 Å². The van der Waals surface area contributed by atoms with E-state index in [1.165, 1.54) is 9.80 Å². The highest BCUT2D eigenvalue weighted by Crippen LogP contribution is 2.33. The van der Waals surface area contributed by atoms with Crippen LogP contribution in [0.15, 0.2) is 121 Å². The highest BCUT2D eigenvalue weighted by atomic mass is 35.5. The van der Waals surface area contributed by atoms with Crippen molar-refractivity contribution in [1.82, 2.24) is 0 Å².